The van der Waals surface area contributed by atoms with Gasteiger partial charge in [-0.05, 0) is 24.6 Å². The molecule has 1 aromatic heterocycles. The molecule has 0 aliphatic carbocycles. The van der Waals surface area contributed by atoms with Gasteiger partial charge >= 0.3 is 12.2 Å². The maximum Gasteiger partial charge on any atom is 0.416 e. The molecule has 0 spiro atoms. The molecule has 0 bridgehead atoms. The number of carbonyl (C=O) groups is 1. The zero-order chi connectivity index (χ0) is 21.0. The zero-order valence-corrected chi connectivity index (χ0v) is 16.1. The standard InChI is InChI=1S/C18H18ClF3N4O3/c1-28-13-7-23-17(24-8-13)29-12-4-5-26(9-12)10-16(27)25-15-6-11(18(20,21)22)2-3-14(15)19/h2-3,6-8,12H,4-5,9-10H2,1H3,(H,25,27). The second-order valence-electron chi connectivity index (χ2n) is 6.41. The smallest absolute Gasteiger partial charge is 0.416 e. The number of nitrogens with zero attached hydrogens (tertiary/aromatic N) is 3. The quantitative estimate of drug-likeness (QED) is 0.758. The second-order valence-corrected chi connectivity index (χ2v) is 6.82. The molecule has 11 heteroatoms. The number of hydrogen-bond acceptors (Lipinski definition) is 6. The topological polar surface area (TPSA) is 76.6 Å². The molecule has 2 heterocycles. The number of amides is 1. The van der Waals surface area contributed by atoms with Crippen LogP contribution in [0.1, 0.15) is 12.0 Å². The van der Waals surface area contributed by atoms with Crippen LogP contribution in [0.4, 0.5) is 18.9 Å². The lowest BCUT2D eigenvalue weighted by Gasteiger charge is -2.17. The summed E-state index contributed by atoms with van der Waals surface area (Å²) >= 11 is 5.90. The number of likely N-dealkylation sites (tertiary alicyclic amines) is 1. The maximum atomic E-state index is 12.8. The van der Waals surface area contributed by atoms with Crippen LogP contribution in [0.25, 0.3) is 0 Å². The summed E-state index contributed by atoms with van der Waals surface area (Å²) in [5.74, 6) is 0.0443. The minimum Gasteiger partial charge on any atom is -0.494 e. The van der Waals surface area contributed by atoms with E-state index in [-0.39, 0.29) is 29.4 Å². The normalized spacial score (nSPS) is 17.2. The lowest BCUT2D eigenvalue weighted by Crippen LogP contribution is -2.33. The first-order chi connectivity index (χ1) is 13.7. The van der Waals surface area contributed by atoms with Gasteiger partial charge in [0.05, 0.1) is 42.3 Å². The molecule has 1 amide bonds. The molecular weight excluding hydrogens is 413 g/mol. The molecule has 156 valence electrons. The number of methoxy groups -OCH3 is 1. The highest BCUT2D eigenvalue weighted by atomic mass is 35.5. The fourth-order valence-corrected chi connectivity index (χ4v) is 3.01. The third-order valence-electron chi connectivity index (χ3n) is 4.28. The van der Waals surface area contributed by atoms with Crippen LogP contribution in [0.3, 0.4) is 0 Å². The van der Waals surface area contributed by atoms with Gasteiger partial charge in [0.1, 0.15) is 6.10 Å². The van der Waals surface area contributed by atoms with Crippen LogP contribution >= 0.6 is 11.6 Å². The molecule has 1 fully saturated rings. The number of alkyl halides is 3. The summed E-state index contributed by atoms with van der Waals surface area (Å²) in [4.78, 5) is 22.1. The van der Waals surface area contributed by atoms with Crippen molar-refractivity contribution >= 4 is 23.2 Å². The number of hydrogen-bond donors (Lipinski definition) is 1. The van der Waals surface area contributed by atoms with Crippen molar-refractivity contribution in [3.8, 4) is 11.8 Å². The highest BCUT2D eigenvalue weighted by molar-refractivity contribution is 6.33. The first-order valence-electron chi connectivity index (χ1n) is 8.66. The summed E-state index contributed by atoms with van der Waals surface area (Å²) in [6.45, 7) is 1.04. The van der Waals surface area contributed by atoms with Gasteiger partial charge in [0, 0.05) is 13.1 Å². The van der Waals surface area contributed by atoms with Crippen LogP contribution in [-0.4, -0.2) is 53.6 Å². The van der Waals surface area contributed by atoms with Gasteiger partial charge in [0.15, 0.2) is 5.75 Å². The summed E-state index contributed by atoms with van der Waals surface area (Å²) in [5.41, 5.74) is -0.962. The van der Waals surface area contributed by atoms with E-state index in [1.807, 2.05) is 4.90 Å². The minimum atomic E-state index is -4.52. The van der Waals surface area contributed by atoms with Gasteiger partial charge in [-0.2, -0.15) is 23.1 Å². The van der Waals surface area contributed by atoms with Gasteiger partial charge in [0.25, 0.3) is 0 Å². The van der Waals surface area contributed by atoms with Crippen LogP contribution in [0, 0.1) is 0 Å². The molecule has 7 nitrogen and oxygen atoms in total. The fourth-order valence-electron chi connectivity index (χ4n) is 2.85. The average Bonchev–Trinajstić information content (AvgIpc) is 3.10. The van der Waals surface area contributed by atoms with E-state index in [1.165, 1.54) is 19.5 Å². The lowest BCUT2D eigenvalue weighted by atomic mass is 10.2. The van der Waals surface area contributed by atoms with Gasteiger partial charge in [-0.3, -0.25) is 9.69 Å². The first kappa shape index (κ1) is 21.1. The van der Waals surface area contributed by atoms with Gasteiger partial charge in [0.2, 0.25) is 5.91 Å². The van der Waals surface area contributed by atoms with Crippen molar-refractivity contribution in [3.63, 3.8) is 0 Å². The molecule has 2 aromatic rings. The van der Waals surface area contributed by atoms with Gasteiger partial charge in [-0.15, -0.1) is 0 Å². The summed E-state index contributed by atoms with van der Waals surface area (Å²) < 4.78 is 49.2. The molecule has 1 aliphatic heterocycles. The van der Waals surface area contributed by atoms with E-state index in [4.69, 9.17) is 21.1 Å². The summed E-state index contributed by atoms with van der Waals surface area (Å²) in [6, 6.07) is 2.99. The van der Waals surface area contributed by atoms with Crippen LogP contribution < -0.4 is 14.8 Å². The van der Waals surface area contributed by atoms with Gasteiger partial charge in [-0.1, -0.05) is 11.6 Å². The number of rotatable bonds is 6. The molecule has 1 atom stereocenters. The van der Waals surface area contributed by atoms with E-state index in [2.05, 4.69) is 15.3 Å². The monoisotopic (exact) mass is 430 g/mol. The molecule has 0 saturated carbocycles. The molecule has 1 aromatic carbocycles. The zero-order valence-electron chi connectivity index (χ0n) is 15.4. The highest BCUT2D eigenvalue weighted by Gasteiger charge is 2.31. The number of ether oxygens (including phenoxy) is 2. The number of halogens is 4. The third kappa shape index (κ3) is 5.70. The Hall–Kier alpha value is -2.59. The number of benzene rings is 1. The molecule has 29 heavy (non-hydrogen) atoms. The third-order valence-corrected chi connectivity index (χ3v) is 4.61. The fraction of sp³-hybridized carbons (Fsp3) is 0.389. The number of carbonyl (C=O) groups excluding carboxylic acids is 1. The van der Waals surface area contributed by atoms with Crippen molar-refractivity contribution in [3.05, 3.63) is 41.2 Å². The average molecular weight is 431 g/mol. The van der Waals surface area contributed by atoms with Crippen LogP contribution in [0.15, 0.2) is 30.6 Å². The molecule has 1 aliphatic rings. The Balaban J connectivity index is 1.53. The molecular formula is C18H18ClF3N4O3. The highest BCUT2D eigenvalue weighted by Crippen LogP contribution is 2.33. The first-order valence-corrected chi connectivity index (χ1v) is 9.04. The summed E-state index contributed by atoms with van der Waals surface area (Å²) in [5, 5.41) is 2.47. The van der Waals surface area contributed by atoms with E-state index < -0.39 is 17.6 Å². The predicted molar refractivity (Wildman–Crippen MR) is 99.1 cm³/mol. The van der Waals surface area contributed by atoms with E-state index in [0.717, 1.165) is 18.2 Å². The molecule has 1 unspecified atom stereocenters. The maximum absolute atomic E-state index is 12.8. The number of nitrogens with one attached hydrogen (secondary N) is 1. The Labute approximate surface area is 169 Å². The summed E-state index contributed by atoms with van der Waals surface area (Å²) in [6.07, 6.45) is -1.09. The van der Waals surface area contributed by atoms with E-state index in [0.29, 0.717) is 25.3 Å². The Morgan fingerprint density at radius 2 is 2.07 bits per heavy atom. The van der Waals surface area contributed by atoms with Crippen molar-refractivity contribution in [1.29, 1.82) is 0 Å². The Bertz CT molecular complexity index is 864. The Morgan fingerprint density at radius 3 is 2.72 bits per heavy atom. The van der Waals surface area contributed by atoms with Crippen molar-refractivity contribution in [2.24, 2.45) is 0 Å². The minimum absolute atomic E-state index is 0.00406. The van der Waals surface area contributed by atoms with Crippen molar-refractivity contribution < 1.29 is 27.4 Å². The number of aromatic nitrogens is 2. The van der Waals surface area contributed by atoms with Crippen LogP contribution in [0.2, 0.25) is 5.02 Å². The van der Waals surface area contributed by atoms with E-state index in [1.54, 1.807) is 0 Å². The molecule has 1 saturated heterocycles. The second kappa shape index (κ2) is 8.83. The number of anilines is 1. The van der Waals surface area contributed by atoms with Crippen LogP contribution in [0.5, 0.6) is 11.8 Å². The molecule has 3 rings (SSSR count). The Kier molecular flexibility index (Phi) is 6.43. The lowest BCUT2D eigenvalue weighted by molar-refractivity contribution is -0.137. The van der Waals surface area contributed by atoms with Crippen molar-refractivity contribution in [2.45, 2.75) is 18.7 Å². The van der Waals surface area contributed by atoms with E-state index in [9.17, 15) is 18.0 Å². The summed E-state index contributed by atoms with van der Waals surface area (Å²) in [7, 11) is 1.51. The predicted octanol–water partition coefficient (Wildman–Crippen LogP) is 3.25. The van der Waals surface area contributed by atoms with Crippen molar-refractivity contribution in [1.82, 2.24) is 14.9 Å². The van der Waals surface area contributed by atoms with Crippen molar-refractivity contribution in [2.75, 3.05) is 32.1 Å². The van der Waals surface area contributed by atoms with Gasteiger partial charge < -0.3 is 14.8 Å². The molecule has 1 N–H and O–H groups in total. The van der Waals surface area contributed by atoms with E-state index >= 15 is 0 Å². The van der Waals surface area contributed by atoms with Gasteiger partial charge in [-0.25, -0.2) is 0 Å². The largest absolute Gasteiger partial charge is 0.494 e. The SMILES string of the molecule is COc1cnc(OC2CCN(CC(=O)Nc3cc(C(F)(F)F)ccc3Cl)C2)nc1. The van der Waals surface area contributed by atoms with Crippen LogP contribution in [-0.2, 0) is 11.0 Å². The molecule has 0 radical (unpaired) electrons. The Morgan fingerprint density at radius 1 is 1.34 bits per heavy atom.